The minimum atomic E-state index is -0.150. The normalized spacial score (nSPS) is 18.4. The van der Waals surface area contributed by atoms with Crippen molar-refractivity contribution in [3.05, 3.63) is 16.1 Å². The molecule has 0 bridgehead atoms. The second-order valence-corrected chi connectivity index (χ2v) is 4.84. The first kappa shape index (κ1) is 10.1. The van der Waals surface area contributed by atoms with Crippen molar-refractivity contribution in [3.63, 3.8) is 0 Å². The zero-order valence-electron chi connectivity index (χ0n) is 8.36. The van der Waals surface area contributed by atoms with Crippen molar-refractivity contribution in [2.45, 2.75) is 32.4 Å². The van der Waals surface area contributed by atoms with Crippen molar-refractivity contribution in [3.8, 4) is 0 Å². The molecule has 1 saturated carbocycles. The first-order valence-corrected chi connectivity index (χ1v) is 5.93. The minimum Gasteiger partial charge on any atom is -0.392 e. The lowest BCUT2D eigenvalue weighted by molar-refractivity contribution is 0.148. The van der Waals surface area contributed by atoms with Crippen molar-refractivity contribution in [2.75, 3.05) is 6.54 Å². The minimum absolute atomic E-state index is 0.150. The maximum absolute atomic E-state index is 9.61. The summed E-state index contributed by atoms with van der Waals surface area (Å²) in [6.45, 7) is 3.56. The van der Waals surface area contributed by atoms with Gasteiger partial charge in [0.15, 0.2) is 0 Å². The van der Waals surface area contributed by atoms with E-state index < -0.39 is 0 Å². The lowest BCUT2D eigenvalue weighted by Crippen LogP contribution is -2.27. The van der Waals surface area contributed by atoms with E-state index in [0.717, 1.165) is 12.2 Å². The second-order valence-electron chi connectivity index (χ2n) is 3.90. The Hall–Kier alpha value is -0.450. The van der Waals surface area contributed by atoms with Crippen molar-refractivity contribution < 1.29 is 5.11 Å². The molecular weight excluding hydrogens is 196 g/mol. The number of hydrogen-bond donors (Lipinski definition) is 2. The number of nitrogens with one attached hydrogen (secondary N) is 1. The van der Waals surface area contributed by atoms with E-state index in [1.165, 1.54) is 17.7 Å². The van der Waals surface area contributed by atoms with Gasteiger partial charge < -0.3 is 10.4 Å². The molecule has 1 aliphatic carbocycles. The molecule has 1 aromatic heterocycles. The van der Waals surface area contributed by atoms with Gasteiger partial charge in [-0.05, 0) is 25.7 Å². The van der Waals surface area contributed by atoms with Crippen LogP contribution in [0.1, 0.15) is 23.4 Å². The zero-order valence-corrected chi connectivity index (χ0v) is 9.18. The molecule has 78 valence electrons. The average molecular weight is 212 g/mol. The molecule has 0 amide bonds. The van der Waals surface area contributed by atoms with E-state index in [9.17, 15) is 5.11 Å². The highest BCUT2D eigenvalue weighted by atomic mass is 32.1. The molecule has 3 nitrogen and oxygen atoms in total. The van der Waals surface area contributed by atoms with E-state index in [-0.39, 0.29) is 6.10 Å². The van der Waals surface area contributed by atoms with Crippen molar-refractivity contribution in [2.24, 2.45) is 5.92 Å². The molecule has 4 heteroatoms. The molecule has 0 spiro atoms. The van der Waals surface area contributed by atoms with Crippen LogP contribution in [0.4, 0.5) is 0 Å². The number of hydrogen-bond acceptors (Lipinski definition) is 4. The summed E-state index contributed by atoms with van der Waals surface area (Å²) in [5, 5.41) is 12.9. The van der Waals surface area contributed by atoms with Gasteiger partial charge in [-0.1, -0.05) is 0 Å². The molecule has 14 heavy (non-hydrogen) atoms. The standard InChI is InChI=1S/C10H16N2OS/c1-7-10(14-6-12-7)5-11-4-9(13)8-2-3-8/h6,8-9,11,13H,2-5H2,1H3. The maximum atomic E-state index is 9.61. The third-order valence-corrected chi connectivity index (χ3v) is 3.59. The van der Waals surface area contributed by atoms with Crippen LogP contribution < -0.4 is 5.32 Å². The Morgan fingerprint density at radius 3 is 3.07 bits per heavy atom. The number of nitrogens with zero attached hydrogens (tertiary/aromatic N) is 1. The topological polar surface area (TPSA) is 45.2 Å². The molecular formula is C10H16N2OS. The van der Waals surface area contributed by atoms with E-state index in [2.05, 4.69) is 10.3 Å². The van der Waals surface area contributed by atoms with Gasteiger partial charge in [0.1, 0.15) is 0 Å². The molecule has 2 N–H and O–H groups in total. The molecule has 1 fully saturated rings. The van der Waals surface area contributed by atoms with E-state index in [1.807, 2.05) is 12.4 Å². The Labute approximate surface area is 88.2 Å². The van der Waals surface area contributed by atoms with Gasteiger partial charge in [0.2, 0.25) is 0 Å². The van der Waals surface area contributed by atoms with Gasteiger partial charge in [-0.3, -0.25) is 0 Å². The summed E-state index contributed by atoms with van der Waals surface area (Å²) >= 11 is 1.67. The highest BCUT2D eigenvalue weighted by Crippen LogP contribution is 2.32. The molecule has 1 aromatic rings. The molecule has 0 aliphatic heterocycles. The number of aliphatic hydroxyl groups excluding tert-OH is 1. The van der Waals surface area contributed by atoms with Crippen molar-refractivity contribution >= 4 is 11.3 Å². The average Bonchev–Trinajstić information content (AvgIpc) is 2.93. The number of rotatable bonds is 5. The van der Waals surface area contributed by atoms with Gasteiger partial charge >= 0.3 is 0 Å². The number of aryl methyl sites for hydroxylation is 1. The van der Waals surface area contributed by atoms with Gasteiger partial charge in [-0.25, -0.2) is 4.98 Å². The summed E-state index contributed by atoms with van der Waals surface area (Å²) in [5.41, 5.74) is 2.97. The van der Waals surface area contributed by atoms with Crippen LogP contribution in [-0.2, 0) is 6.54 Å². The summed E-state index contributed by atoms with van der Waals surface area (Å²) in [6.07, 6.45) is 2.24. The van der Waals surface area contributed by atoms with Gasteiger partial charge in [0.25, 0.3) is 0 Å². The molecule has 0 radical (unpaired) electrons. The Bertz CT molecular complexity index is 296. The predicted octanol–water partition coefficient (Wildman–Crippen LogP) is 1.31. The lowest BCUT2D eigenvalue weighted by atomic mass is 10.2. The first-order chi connectivity index (χ1) is 6.77. The van der Waals surface area contributed by atoms with Crippen LogP contribution in [0.25, 0.3) is 0 Å². The Kier molecular flexibility index (Phi) is 3.15. The highest BCUT2D eigenvalue weighted by molar-refractivity contribution is 7.09. The van der Waals surface area contributed by atoms with Crippen LogP contribution in [0.15, 0.2) is 5.51 Å². The van der Waals surface area contributed by atoms with Gasteiger partial charge in [-0.2, -0.15) is 0 Å². The van der Waals surface area contributed by atoms with E-state index in [0.29, 0.717) is 12.5 Å². The van der Waals surface area contributed by atoms with Gasteiger partial charge in [0.05, 0.1) is 17.3 Å². The first-order valence-electron chi connectivity index (χ1n) is 5.05. The molecule has 1 atom stereocenters. The van der Waals surface area contributed by atoms with Crippen molar-refractivity contribution in [1.29, 1.82) is 0 Å². The molecule has 1 heterocycles. The Balaban J connectivity index is 1.69. The Morgan fingerprint density at radius 2 is 2.50 bits per heavy atom. The molecule has 1 aliphatic rings. The Morgan fingerprint density at radius 1 is 1.71 bits per heavy atom. The van der Waals surface area contributed by atoms with E-state index in [4.69, 9.17) is 0 Å². The molecule has 2 rings (SSSR count). The van der Waals surface area contributed by atoms with Crippen LogP contribution in [0.5, 0.6) is 0 Å². The number of aliphatic hydroxyl groups is 1. The van der Waals surface area contributed by atoms with Crippen LogP contribution in [0.3, 0.4) is 0 Å². The lowest BCUT2D eigenvalue weighted by Gasteiger charge is -2.09. The number of thiazole rings is 1. The fraction of sp³-hybridized carbons (Fsp3) is 0.700. The van der Waals surface area contributed by atoms with Crippen LogP contribution >= 0.6 is 11.3 Å². The van der Waals surface area contributed by atoms with E-state index in [1.54, 1.807) is 11.3 Å². The summed E-state index contributed by atoms with van der Waals surface area (Å²) in [4.78, 5) is 5.45. The van der Waals surface area contributed by atoms with Crippen LogP contribution in [0, 0.1) is 12.8 Å². The molecule has 0 saturated heterocycles. The fourth-order valence-electron chi connectivity index (χ4n) is 1.48. The van der Waals surface area contributed by atoms with Crippen molar-refractivity contribution in [1.82, 2.24) is 10.3 Å². The SMILES string of the molecule is Cc1ncsc1CNCC(O)C1CC1. The maximum Gasteiger partial charge on any atom is 0.0798 e. The monoisotopic (exact) mass is 212 g/mol. The number of aromatic nitrogens is 1. The highest BCUT2D eigenvalue weighted by Gasteiger charge is 2.29. The second kappa shape index (κ2) is 4.38. The van der Waals surface area contributed by atoms with Gasteiger partial charge in [-0.15, -0.1) is 11.3 Å². The van der Waals surface area contributed by atoms with Crippen LogP contribution in [-0.4, -0.2) is 22.7 Å². The molecule has 0 aromatic carbocycles. The molecule has 1 unspecified atom stereocenters. The van der Waals surface area contributed by atoms with Gasteiger partial charge in [0, 0.05) is 18.0 Å². The summed E-state index contributed by atoms with van der Waals surface area (Å²) < 4.78 is 0. The summed E-state index contributed by atoms with van der Waals surface area (Å²) in [5.74, 6) is 0.560. The van der Waals surface area contributed by atoms with Crippen LogP contribution in [0.2, 0.25) is 0 Å². The van der Waals surface area contributed by atoms with E-state index >= 15 is 0 Å². The fourth-order valence-corrected chi connectivity index (χ4v) is 2.22. The summed E-state index contributed by atoms with van der Waals surface area (Å²) in [6, 6.07) is 0. The zero-order chi connectivity index (χ0) is 9.97. The summed E-state index contributed by atoms with van der Waals surface area (Å²) in [7, 11) is 0. The third kappa shape index (κ3) is 2.53. The largest absolute Gasteiger partial charge is 0.392 e. The smallest absolute Gasteiger partial charge is 0.0798 e. The quantitative estimate of drug-likeness (QED) is 0.773. The predicted molar refractivity (Wildman–Crippen MR) is 57.3 cm³/mol. The third-order valence-electron chi connectivity index (χ3n) is 2.65.